The summed E-state index contributed by atoms with van der Waals surface area (Å²) in [7, 11) is 0. The molecule has 0 aromatic carbocycles. The number of ether oxygens (including phenoxy) is 3. The lowest BCUT2D eigenvalue weighted by molar-refractivity contribution is -0.177. The summed E-state index contributed by atoms with van der Waals surface area (Å²) in [6.07, 6.45) is 6.53. The molecule has 1 saturated heterocycles. The molecule has 0 N–H and O–H groups in total. The Labute approximate surface area is 116 Å². The lowest BCUT2D eigenvalue weighted by Crippen LogP contribution is -2.43. The second-order valence-electron chi connectivity index (χ2n) is 5.18. The minimum Gasteiger partial charge on any atom is -0.435 e. The average molecular weight is 270 g/mol. The van der Waals surface area contributed by atoms with Crippen molar-refractivity contribution in [2.24, 2.45) is 5.92 Å². The Balaban J connectivity index is 2.00. The van der Waals surface area contributed by atoms with Gasteiger partial charge in [0.15, 0.2) is 6.79 Å². The summed E-state index contributed by atoms with van der Waals surface area (Å²) in [6, 6.07) is 0. The number of hydrogen-bond donors (Lipinski definition) is 0. The van der Waals surface area contributed by atoms with Crippen LogP contribution in [0.2, 0.25) is 0 Å². The minimum absolute atomic E-state index is 0.0197. The maximum atomic E-state index is 11.1. The number of esters is 1. The third-order valence-electron chi connectivity index (χ3n) is 3.38. The number of carbonyl (C=O) groups excluding carboxylic acids is 1. The molecular weight excluding hydrogens is 244 g/mol. The fourth-order valence-corrected chi connectivity index (χ4v) is 2.04. The van der Waals surface area contributed by atoms with Crippen molar-refractivity contribution in [2.75, 3.05) is 20.0 Å². The van der Waals surface area contributed by atoms with E-state index in [-0.39, 0.29) is 12.9 Å². The summed E-state index contributed by atoms with van der Waals surface area (Å²) < 4.78 is 15.6. The van der Waals surface area contributed by atoms with Gasteiger partial charge >= 0.3 is 5.97 Å². The summed E-state index contributed by atoms with van der Waals surface area (Å²) in [6.45, 7) is 8.66. The highest BCUT2D eigenvalue weighted by Crippen LogP contribution is 2.26. The molecular formula is C15H26O4. The van der Waals surface area contributed by atoms with Gasteiger partial charge in [-0.2, -0.15) is 0 Å². The van der Waals surface area contributed by atoms with E-state index in [0.29, 0.717) is 18.1 Å². The normalized spacial score (nSPS) is 21.8. The largest absolute Gasteiger partial charge is 0.435 e. The number of unbranched alkanes of at least 4 members (excludes halogenated alkanes) is 3. The zero-order valence-electron chi connectivity index (χ0n) is 12.2. The van der Waals surface area contributed by atoms with Crippen LogP contribution in [0, 0.1) is 5.92 Å². The van der Waals surface area contributed by atoms with Crippen molar-refractivity contribution in [2.45, 2.75) is 52.1 Å². The quantitative estimate of drug-likeness (QED) is 0.265. The Morgan fingerprint density at radius 2 is 2.16 bits per heavy atom. The molecule has 0 aromatic heterocycles. The molecule has 19 heavy (non-hydrogen) atoms. The van der Waals surface area contributed by atoms with Crippen molar-refractivity contribution in [1.82, 2.24) is 0 Å². The first kappa shape index (κ1) is 16.2. The van der Waals surface area contributed by atoms with E-state index >= 15 is 0 Å². The van der Waals surface area contributed by atoms with Gasteiger partial charge in [0.05, 0.1) is 19.3 Å². The molecule has 2 atom stereocenters. The first-order valence-corrected chi connectivity index (χ1v) is 7.17. The molecule has 0 radical (unpaired) electrons. The van der Waals surface area contributed by atoms with Crippen LogP contribution in [-0.4, -0.2) is 32.1 Å². The molecule has 4 heteroatoms. The maximum Gasteiger partial charge on any atom is 0.335 e. The third-order valence-corrected chi connectivity index (χ3v) is 3.38. The lowest BCUT2D eigenvalue weighted by atomic mass is 9.92. The Hall–Kier alpha value is -0.870. The van der Waals surface area contributed by atoms with Gasteiger partial charge in [0.25, 0.3) is 0 Å². The van der Waals surface area contributed by atoms with Gasteiger partial charge in [0, 0.05) is 11.5 Å². The fourth-order valence-electron chi connectivity index (χ4n) is 2.04. The Morgan fingerprint density at radius 3 is 2.74 bits per heavy atom. The molecule has 2 unspecified atom stereocenters. The molecule has 4 nitrogen and oxygen atoms in total. The Kier molecular flexibility index (Phi) is 7.75. The van der Waals surface area contributed by atoms with Crippen LogP contribution in [0.25, 0.3) is 0 Å². The van der Waals surface area contributed by atoms with Crippen LogP contribution in [-0.2, 0) is 19.0 Å². The highest BCUT2D eigenvalue weighted by molar-refractivity contribution is 5.86. The Bertz CT molecular complexity index is 288. The van der Waals surface area contributed by atoms with E-state index in [2.05, 4.69) is 13.5 Å². The summed E-state index contributed by atoms with van der Waals surface area (Å²) in [4.78, 5) is 11.1. The average Bonchev–Trinajstić information content (AvgIpc) is 2.36. The SMILES string of the molecule is C=C(C)C(=O)OCOCC1OCC1CCCCCC. The molecule has 0 aromatic rings. The first-order chi connectivity index (χ1) is 9.15. The minimum atomic E-state index is -0.411. The molecule has 1 rings (SSSR count). The van der Waals surface area contributed by atoms with Crippen molar-refractivity contribution in [1.29, 1.82) is 0 Å². The van der Waals surface area contributed by atoms with E-state index in [1.807, 2.05) is 0 Å². The van der Waals surface area contributed by atoms with Crippen LogP contribution >= 0.6 is 0 Å². The molecule has 110 valence electrons. The smallest absolute Gasteiger partial charge is 0.335 e. The van der Waals surface area contributed by atoms with Gasteiger partial charge in [-0.05, 0) is 13.3 Å². The van der Waals surface area contributed by atoms with Crippen LogP contribution < -0.4 is 0 Å². The number of hydrogen-bond acceptors (Lipinski definition) is 4. The van der Waals surface area contributed by atoms with Crippen LogP contribution in [0.3, 0.4) is 0 Å². The molecule has 0 aliphatic carbocycles. The first-order valence-electron chi connectivity index (χ1n) is 7.17. The second kappa shape index (κ2) is 9.10. The molecule has 0 bridgehead atoms. The predicted octanol–water partition coefficient (Wildman–Crippen LogP) is 3.07. The molecule has 1 aliphatic heterocycles. The highest BCUT2D eigenvalue weighted by Gasteiger charge is 2.31. The molecule has 0 spiro atoms. The van der Waals surface area contributed by atoms with Gasteiger partial charge in [-0.1, -0.05) is 39.2 Å². The van der Waals surface area contributed by atoms with Gasteiger partial charge in [-0.15, -0.1) is 0 Å². The Morgan fingerprint density at radius 1 is 1.37 bits per heavy atom. The van der Waals surface area contributed by atoms with Gasteiger partial charge in [-0.3, -0.25) is 0 Å². The topological polar surface area (TPSA) is 44.8 Å². The van der Waals surface area contributed by atoms with E-state index in [0.717, 1.165) is 6.61 Å². The molecule has 0 saturated carbocycles. The highest BCUT2D eigenvalue weighted by atomic mass is 16.7. The van der Waals surface area contributed by atoms with E-state index in [1.165, 1.54) is 32.1 Å². The number of carbonyl (C=O) groups is 1. The zero-order valence-corrected chi connectivity index (χ0v) is 12.2. The van der Waals surface area contributed by atoms with E-state index < -0.39 is 5.97 Å². The third kappa shape index (κ3) is 6.21. The summed E-state index contributed by atoms with van der Waals surface area (Å²) in [5.41, 5.74) is 0.386. The van der Waals surface area contributed by atoms with Gasteiger partial charge < -0.3 is 14.2 Å². The summed E-state index contributed by atoms with van der Waals surface area (Å²) >= 11 is 0. The molecule has 1 aliphatic rings. The van der Waals surface area contributed by atoms with Crippen molar-refractivity contribution >= 4 is 5.97 Å². The predicted molar refractivity (Wildman–Crippen MR) is 73.7 cm³/mol. The van der Waals surface area contributed by atoms with Crippen molar-refractivity contribution < 1.29 is 19.0 Å². The van der Waals surface area contributed by atoms with Crippen LogP contribution in [0.15, 0.2) is 12.2 Å². The zero-order chi connectivity index (χ0) is 14.1. The van der Waals surface area contributed by atoms with Gasteiger partial charge in [0.1, 0.15) is 0 Å². The molecule has 1 heterocycles. The standard InChI is InChI=1S/C15H26O4/c1-4-5-6-7-8-13-9-18-14(13)10-17-11-19-15(16)12(2)3/h13-14H,2,4-11H2,1,3H3. The monoisotopic (exact) mass is 270 g/mol. The summed E-state index contributed by atoms with van der Waals surface area (Å²) in [5, 5.41) is 0. The second-order valence-corrected chi connectivity index (χ2v) is 5.18. The van der Waals surface area contributed by atoms with Gasteiger partial charge in [0.2, 0.25) is 0 Å². The van der Waals surface area contributed by atoms with E-state index in [1.54, 1.807) is 6.92 Å². The van der Waals surface area contributed by atoms with Crippen molar-refractivity contribution in [3.63, 3.8) is 0 Å². The van der Waals surface area contributed by atoms with E-state index in [9.17, 15) is 4.79 Å². The molecule has 1 fully saturated rings. The lowest BCUT2D eigenvalue weighted by Gasteiger charge is -2.36. The fraction of sp³-hybridized carbons (Fsp3) is 0.800. The van der Waals surface area contributed by atoms with Crippen LogP contribution in [0.5, 0.6) is 0 Å². The number of rotatable bonds is 10. The van der Waals surface area contributed by atoms with Crippen LogP contribution in [0.4, 0.5) is 0 Å². The van der Waals surface area contributed by atoms with Crippen molar-refractivity contribution in [3.8, 4) is 0 Å². The maximum absolute atomic E-state index is 11.1. The van der Waals surface area contributed by atoms with Crippen LogP contribution in [0.1, 0.15) is 46.0 Å². The molecule has 0 amide bonds. The summed E-state index contributed by atoms with van der Waals surface area (Å²) in [5.74, 6) is 0.194. The van der Waals surface area contributed by atoms with E-state index in [4.69, 9.17) is 14.2 Å². The van der Waals surface area contributed by atoms with Crippen molar-refractivity contribution in [3.05, 3.63) is 12.2 Å². The van der Waals surface area contributed by atoms with Gasteiger partial charge in [-0.25, -0.2) is 4.79 Å².